The van der Waals surface area contributed by atoms with Gasteiger partial charge in [-0.15, -0.1) is 0 Å². The third-order valence-electron chi connectivity index (χ3n) is 5.90. The molecule has 3 atom stereocenters. The van der Waals surface area contributed by atoms with Crippen LogP contribution in [-0.2, 0) is 6.61 Å². The SMILES string of the molecule is Clc1ccc(COc2ccc(C3Nc4c(Br)cccc4C4C=CCC43)cc2)cc1. The zero-order valence-electron chi connectivity index (χ0n) is 15.8. The summed E-state index contributed by atoms with van der Waals surface area (Å²) in [6, 6.07) is 23.0. The zero-order chi connectivity index (χ0) is 19.8. The van der Waals surface area contributed by atoms with Gasteiger partial charge in [-0.2, -0.15) is 0 Å². The topological polar surface area (TPSA) is 21.3 Å². The summed E-state index contributed by atoms with van der Waals surface area (Å²) in [5.74, 6) is 1.88. The Hall–Kier alpha value is -2.23. The molecule has 0 aromatic heterocycles. The second kappa shape index (κ2) is 7.89. The van der Waals surface area contributed by atoms with E-state index in [0.29, 0.717) is 18.4 Å². The number of ether oxygens (including phenoxy) is 1. The van der Waals surface area contributed by atoms with Gasteiger partial charge in [0, 0.05) is 15.4 Å². The van der Waals surface area contributed by atoms with Gasteiger partial charge in [-0.05, 0) is 75.3 Å². The van der Waals surface area contributed by atoms with Crippen LogP contribution in [0.4, 0.5) is 5.69 Å². The minimum atomic E-state index is 0.284. The Morgan fingerprint density at radius 1 is 1.00 bits per heavy atom. The molecule has 146 valence electrons. The molecule has 5 rings (SSSR count). The smallest absolute Gasteiger partial charge is 0.119 e. The van der Waals surface area contributed by atoms with Gasteiger partial charge in [-0.1, -0.05) is 60.2 Å². The largest absolute Gasteiger partial charge is 0.489 e. The van der Waals surface area contributed by atoms with Gasteiger partial charge < -0.3 is 10.1 Å². The van der Waals surface area contributed by atoms with Crippen LogP contribution in [0.5, 0.6) is 5.75 Å². The van der Waals surface area contributed by atoms with E-state index < -0.39 is 0 Å². The Kier molecular flexibility index (Phi) is 5.11. The monoisotopic (exact) mass is 465 g/mol. The molecule has 0 saturated carbocycles. The highest BCUT2D eigenvalue weighted by Gasteiger charge is 2.38. The van der Waals surface area contributed by atoms with Crippen LogP contribution < -0.4 is 10.1 Å². The predicted molar refractivity (Wildman–Crippen MR) is 123 cm³/mol. The summed E-state index contributed by atoms with van der Waals surface area (Å²) in [5.41, 5.74) is 5.00. The van der Waals surface area contributed by atoms with Crippen LogP contribution in [0.3, 0.4) is 0 Å². The lowest BCUT2D eigenvalue weighted by Crippen LogP contribution is -2.29. The number of hydrogen-bond donors (Lipinski definition) is 1. The van der Waals surface area contributed by atoms with Crippen LogP contribution in [0.2, 0.25) is 5.02 Å². The lowest BCUT2D eigenvalue weighted by molar-refractivity contribution is 0.306. The van der Waals surface area contributed by atoms with Crippen LogP contribution in [0.1, 0.15) is 35.1 Å². The Morgan fingerprint density at radius 2 is 1.79 bits per heavy atom. The molecule has 0 radical (unpaired) electrons. The quantitative estimate of drug-likeness (QED) is 0.402. The molecule has 29 heavy (non-hydrogen) atoms. The standard InChI is InChI=1S/C25H21BrClNO/c26-23-6-2-5-22-20-3-1-4-21(20)24(28-25(22)23)17-9-13-19(14-10-17)29-15-16-7-11-18(27)12-8-16/h1-3,5-14,20-21,24,28H,4,15H2. The van der Waals surface area contributed by atoms with E-state index in [1.54, 1.807) is 0 Å². The number of fused-ring (bicyclic) bond motifs is 3. The molecule has 0 amide bonds. The van der Waals surface area contributed by atoms with Crippen LogP contribution >= 0.6 is 27.5 Å². The fraction of sp³-hybridized carbons (Fsp3) is 0.200. The van der Waals surface area contributed by atoms with Gasteiger partial charge in [0.05, 0.1) is 11.7 Å². The minimum absolute atomic E-state index is 0.284. The molecule has 4 heteroatoms. The molecular weight excluding hydrogens is 446 g/mol. The minimum Gasteiger partial charge on any atom is -0.489 e. The summed E-state index contributed by atoms with van der Waals surface area (Å²) in [6.45, 7) is 0.535. The van der Waals surface area contributed by atoms with E-state index in [4.69, 9.17) is 16.3 Å². The molecule has 2 nitrogen and oxygen atoms in total. The summed E-state index contributed by atoms with van der Waals surface area (Å²) in [5, 5.41) is 4.54. The predicted octanol–water partition coefficient (Wildman–Crippen LogP) is 7.51. The van der Waals surface area contributed by atoms with E-state index in [-0.39, 0.29) is 6.04 Å². The average molecular weight is 467 g/mol. The van der Waals surface area contributed by atoms with Crippen molar-refractivity contribution < 1.29 is 4.74 Å². The number of anilines is 1. The number of benzene rings is 3. The molecule has 1 heterocycles. The molecule has 2 aliphatic rings. The highest BCUT2D eigenvalue weighted by molar-refractivity contribution is 9.10. The van der Waals surface area contributed by atoms with E-state index in [2.05, 4.69) is 75.9 Å². The number of allylic oxidation sites excluding steroid dienone is 2. The van der Waals surface area contributed by atoms with Crippen molar-refractivity contribution in [3.05, 3.63) is 105 Å². The van der Waals surface area contributed by atoms with Crippen LogP contribution in [-0.4, -0.2) is 0 Å². The lowest BCUT2D eigenvalue weighted by atomic mass is 9.77. The first-order valence-electron chi connectivity index (χ1n) is 9.88. The van der Waals surface area contributed by atoms with Gasteiger partial charge in [-0.3, -0.25) is 0 Å². The molecule has 1 aliphatic heterocycles. The molecular formula is C25H21BrClNO. The first-order valence-corrected chi connectivity index (χ1v) is 11.0. The van der Waals surface area contributed by atoms with Crippen molar-refractivity contribution in [3.63, 3.8) is 0 Å². The van der Waals surface area contributed by atoms with Gasteiger partial charge in [0.1, 0.15) is 12.4 Å². The molecule has 0 spiro atoms. The van der Waals surface area contributed by atoms with Gasteiger partial charge in [-0.25, -0.2) is 0 Å². The molecule has 3 aromatic rings. The maximum absolute atomic E-state index is 5.95. The van der Waals surface area contributed by atoms with Crippen molar-refractivity contribution in [3.8, 4) is 5.75 Å². The summed E-state index contributed by atoms with van der Waals surface area (Å²) in [6.07, 6.45) is 5.79. The second-order valence-electron chi connectivity index (χ2n) is 7.66. The number of nitrogens with one attached hydrogen (secondary N) is 1. The van der Waals surface area contributed by atoms with Crippen molar-refractivity contribution in [2.24, 2.45) is 5.92 Å². The molecule has 0 bridgehead atoms. The first-order chi connectivity index (χ1) is 14.2. The van der Waals surface area contributed by atoms with E-state index in [0.717, 1.165) is 27.2 Å². The fourth-order valence-electron chi connectivity index (χ4n) is 4.43. The van der Waals surface area contributed by atoms with Crippen LogP contribution in [0.15, 0.2) is 83.4 Å². The Balaban J connectivity index is 1.34. The second-order valence-corrected chi connectivity index (χ2v) is 8.95. The van der Waals surface area contributed by atoms with E-state index in [1.807, 2.05) is 24.3 Å². The van der Waals surface area contributed by atoms with Crippen LogP contribution in [0.25, 0.3) is 0 Å². The van der Waals surface area contributed by atoms with Crippen molar-refractivity contribution in [1.82, 2.24) is 0 Å². The van der Waals surface area contributed by atoms with Crippen molar-refractivity contribution in [1.29, 1.82) is 0 Å². The Morgan fingerprint density at radius 3 is 2.59 bits per heavy atom. The highest BCUT2D eigenvalue weighted by Crippen LogP contribution is 2.51. The number of para-hydroxylation sites is 1. The molecule has 1 N–H and O–H groups in total. The maximum atomic E-state index is 5.95. The molecule has 3 unspecified atom stereocenters. The molecule has 1 aliphatic carbocycles. The van der Waals surface area contributed by atoms with E-state index >= 15 is 0 Å². The Bertz CT molecular complexity index is 1050. The summed E-state index contributed by atoms with van der Waals surface area (Å²) >= 11 is 9.67. The summed E-state index contributed by atoms with van der Waals surface area (Å²) in [7, 11) is 0. The average Bonchev–Trinajstić information content (AvgIpc) is 3.24. The van der Waals surface area contributed by atoms with E-state index in [9.17, 15) is 0 Å². The first kappa shape index (κ1) is 18.8. The van der Waals surface area contributed by atoms with Crippen LogP contribution in [0, 0.1) is 5.92 Å². The Labute approximate surface area is 184 Å². The molecule has 3 aromatic carbocycles. The summed E-state index contributed by atoms with van der Waals surface area (Å²) < 4.78 is 7.08. The van der Waals surface area contributed by atoms with Gasteiger partial charge in [0.25, 0.3) is 0 Å². The zero-order valence-corrected chi connectivity index (χ0v) is 18.2. The number of rotatable bonds is 4. The lowest BCUT2D eigenvalue weighted by Gasteiger charge is -2.38. The summed E-state index contributed by atoms with van der Waals surface area (Å²) in [4.78, 5) is 0. The van der Waals surface area contributed by atoms with Crippen molar-refractivity contribution in [2.75, 3.05) is 5.32 Å². The van der Waals surface area contributed by atoms with Gasteiger partial charge in [0.15, 0.2) is 0 Å². The van der Waals surface area contributed by atoms with E-state index in [1.165, 1.54) is 16.8 Å². The third kappa shape index (κ3) is 3.70. The molecule has 0 saturated heterocycles. The van der Waals surface area contributed by atoms with Gasteiger partial charge in [0.2, 0.25) is 0 Å². The van der Waals surface area contributed by atoms with Crippen molar-refractivity contribution >= 4 is 33.2 Å². The molecule has 0 fully saturated rings. The van der Waals surface area contributed by atoms with Gasteiger partial charge >= 0.3 is 0 Å². The number of hydrogen-bond acceptors (Lipinski definition) is 2. The highest BCUT2D eigenvalue weighted by atomic mass is 79.9. The van der Waals surface area contributed by atoms with Crippen molar-refractivity contribution in [2.45, 2.75) is 25.0 Å². The maximum Gasteiger partial charge on any atom is 0.119 e. The third-order valence-corrected chi connectivity index (χ3v) is 6.82. The number of halogens is 2. The normalized spacial score (nSPS) is 21.9. The fourth-order valence-corrected chi connectivity index (χ4v) is 5.05.